The van der Waals surface area contributed by atoms with E-state index >= 15 is 0 Å². The van der Waals surface area contributed by atoms with Gasteiger partial charge >= 0.3 is 5.97 Å². The van der Waals surface area contributed by atoms with Crippen LogP contribution >= 0.6 is 0 Å². The molecule has 0 saturated carbocycles. The Balaban J connectivity index is 1.65. The van der Waals surface area contributed by atoms with Gasteiger partial charge in [-0.3, -0.25) is 4.79 Å². The summed E-state index contributed by atoms with van der Waals surface area (Å²) in [6, 6.07) is 22.6. The molecule has 0 bridgehead atoms. The van der Waals surface area contributed by atoms with E-state index in [1.54, 1.807) is 12.1 Å². The molecule has 0 aliphatic heterocycles. The molecule has 0 aliphatic carbocycles. The Hall–Kier alpha value is -3.20. The highest BCUT2D eigenvalue weighted by Crippen LogP contribution is 2.19. The zero-order valence-electron chi connectivity index (χ0n) is 13.0. The van der Waals surface area contributed by atoms with Gasteiger partial charge in [-0.25, -0.2) is 4.79 Å². The average Bonchev–Trinajstić information content (AvgIpc) is 2.64. The van der Waals surface area contributed by atoms with Crippen molar-refractivity contribution in [1.82, 2.24) is 0 Å². The monoisotopic (exact) mass is 316 g/mol. The zero-order chi connectivity index (χ0) is 16.8. The van der Waals surface area contributed by atoms with Crippen molar-refractivity contribution in [3.8, 4) is 0 Å². The molecule has 3 heteroatoms. The van der Waals surface area contributed by atoms with Gasteiger partial charge in [0.2, 0.25) is 5.78 Å². The molecule has 0 unspecified atom stereocenters. The van der Waals surface area contributed by atoms with E-state index in [4.69, 9.17) is 4.74 Å². The highest BCUT2D eigenvalue weighted by Gasteiger charge is 2.11. The molecule has 3 rings (SSSR count). The minimum absolute atomic E-state index is 0.215. The van der Waals surface area contributed by atoms with Crippen molar-refractivity contribution in [2.75, 3.05) is 6.61 Å². The molecule has 0 atom stereocenters. The first-order chi connectivity index (χ1) is 11.7. The summed E-state index contributed by atoms with van der Waals surface area (Å²) in [5, 5.41) is 1.85. The van der Waals surface area contributed by atoms with Crippen LogP contribution in [0.4, 0.5) is 0 Å². The van der Waals surface area contributed by atoms with Crippen molar-refractivity contribution in [2.24, 2.45) is 0 Å². The van der Waals surface area contributed by atoms with Gasteiger partial charge in [-0.05, 0) is 22.4 Å². The van der Waals surface area contributed by atoms with Crippen LogP contribution in [0.25, 0.3) is 16.8 Å². The maximum Gasteiger partial charge on any atom is 0.331 e. The van der Waals surface area contributed by atoms with Crippen molar-refractivity contribution >= 4 is 28.6 Å². The maximum atomic E-state index is 12.3. The normalized spacial score (nSPS) is 10.8. The molecule has 0 amide bonds. The van der Waals surface area contributed by atoms with Crippen molar-refractivity contribution < 1.29 is 14.3 Å². The molecular formula is C21H16O3. The number of rotatable bonds is 5. The summed E-state index contributed by atoms with van der Waals surface area (Å²) in [6.07, 6.45) is 2.98. The second-order valence-corrected chi connectivity index (χ2v) is 5.30. The van der Waals surface area contributed by atoms with Gasteiger partial charge in [-0.2, -0.15) is 0 Å². The van der Waals surface area contributed by atoms with Crippen LogP contribution in [0.3, 0.4) is 0 Å². The highest BCUT2D eigenvalue weighted by atomic mass is 16.5. The Morgan fingerprint density at radius 3 is 2.38 bits per heavy atom. The van der Waals surface area contributed by atoms with Crippen LogP contribution in [-0.4, -0.2) is 18.4 Å². The van der Waals surface area contributed by atoms with E-state index in [0.717, 1.165) is 16.3 Å². The van der Waals surface area contributed by atoms with Crippen molar-refractivity contribution in [1.29, 1.82) is 0 Å². The summed E-state index contributed by atoms with van der Waals surface area (Å²) in [4.78, 5) is 24.1. The Morgan fingerprint density at radius 1 is 0.833 bits per heavy atom. The van der Waals surface area contributed by atoms with E-state index in [1.807, 2.05) is 66.7 Å². The number of hydrogen-bond donors (Lipinski definition) is 0. The van der Waals surface area contributed by atoms with E-state index in [0.29, 0.717) is 5.56 Å². The minimum Gasteiger partial charge on any atom is -0.454 e. The summed E-state index contributed by atoms with van der Waals surface area (Å²) in [5.41, 5.74) is 1.46. The number of carbonyl (C=O) groups excluding carboxylic acids is 2. The van der Waals surface area contributed by atoms with Gasteiger partial charge in [0, 0.05) is 11.6 Å². The Kier molecular flexibility index (Phi) is 4.82. The fourth-order valence-electron chi connectivity index (χ4n) is 2.46. The van der Waals surface area contributed by atoms with Crippen LogP contribution < -0.4 is 0 Å². The van der Waals surface area contributed by atoms with Crippen LogP contribution in [0.1, 0.15) is 15.9 Å². The predicted molar refractivity (Wildman–Crippen MR) is 94.7 cm³/mol. The molecule has 3 aromatic rings. The molecule has 0 fully saturated rings. The molecule has 0 heterocycles. The second kappa shape index (κ2) is 7.38. The highest BCUT2D eigenvalue weighted by molar-refractivity contribution is 6.09. The molecular weight excluding hydrogens is 300 g/mol. The lowest BCUT2D eigenvalue weighted by molar-refractivity contribution is -0.136. The fraction of sp³-hybridized carbons (Fsp3) is 0.0476. The van der Waals surface area contributed by atoms with E-state index in [2.05, 4.69) is 0 Å². The lowest BCUT2D eigenvalue weighted by atomic mass is 10.0. The summed E-state index contributed by atoms with van der Waals surface area (Å²) in [6.45, 7) is -0.272. The molecule has 118 valence electrons. The van der Waals surface area contributed by atoms with Gasteiger partial charge in [-0.15, -0.1) is 0 Å². The average molecular weight is 316 g/mol. The van der Waals surface area contributed by atoms with Crippen LogP contribution in [0, 0.1) is 0 Å². The summed E-state index contributed by atoms with van der Waals surface area (Å²) in [7, 11) is 0. The number of benzene rings is 3. The molecule has 3 nitrogen and oxygen atoms in total. The minimum atomic E-state index is -0.535. The van der Waals surface area contributed by atoms with E-state index in [9.17, 15) is 9.59 Å². The Bertz CT molecular complexity index is 890. The summed E-state index contributed by atoms with van der Waals surface area (Å²) < 4.78 is 5.05. The standard InChI is InChI=1S/C21H16O3/c22-20(19-12-6-10-17-9-4-5-11-18(17)19)15-24-21(23)14-13-16-7-2-1-3-8-16/h1-14H,15H2/b14-13-. The first-order valence-corrected chi connectivity index (χ1v) is 7.65. The SMILES string of the molecule is O=C(/C=C\c1ccccc1)OCC(=O)c1cccc2ccccc12. The lowest BCUT2D eigenvalue weighted by Crippen LogP contribution is -2.12. The van der Waals surface area contributed by atoms with E-state index in [1.165, 1.54) is 6.08 Å². The molecule has 0 N–H and O–H groups in total. The predicted octanol–water partition coefficient (Wildman–Crippen LogP) is 4.28. The number of ketones is 1. The number of hydrogen-bond acceptors (Lipinski definition) is 3. The molecule has 24 heavy (non-hydrogen) atoms. The summed E-state index contributed by atoms with van der Waals surface area (Å²) in [5.74, 6) is -0.749. The van der Waals surface area contributed by atoms with Crippen molar-refractivity contribution in [2.45, 2.75) is 0 Å². The van der Waals surface area contributed by atoms with Gasteiger partial charge in [-0.1, -0.05) is 72.8 Å². The number of esters is 1. The van der Waals surface area contributed by atoms with Crippen molar-refractivity contribution in [3.05, 3.63) is 90.0 Å². The van der Waals surface area contributed by atoms with Gasteiger partial charge in [0.05, 0.1) is 0 Å². The number of fused-ring (bicyclic) bond motifs is 1. The van der Waals surface area contributed by atoms with Gasteiger partial charge in [0.1, 0.15) is 0 Å². The third kappa shape index (κ3) is 3.76. The first-order valence-electron chi connectivity index (χ1n) is 7.65. The topological polar surface area (TPSA) is 43.4 Å². The smallest absolute Gasteiger partial charge is 0.331 e. The molecule has 0 saturated heterocycles. The molecule has 0 aliphatic rings. The van der Waals surface area contributed by atoms with Crippen molar-refractivity contribution in [3.63, 3.8) is 0 Å². The van der Waals surface area contributed by atoms with Gasteiger partial charge in [0.15, 0.2) is 6.61 Å². The van der Waals surface area contributed by atoms with Crippen LogP contribution in [-0.2, 0) is 9.53 Å². The zero-order valence-corrected chi connectivity index (χ0v) is 13.0. The largest absolute Gasteiger partial charge is 0.454 e. The third-order valence-electron chi connectivity index (χ3n) is 3.65. The molecule has 3 aromatic carbocycles. The number of Topliss-reactive ketones (excluding diaryl/α,β-unsaturated/α-hetero) is 1. The van der Waals surface area contributed by atoms with Crippen LogP contribution in [0.5, 0.6) is 0 Å². The number of ether oxygens (including phenoxy) is 1. The molecule has 0 spiro atoms. The van der Waals surface area contributed by atoms with Crippen LogP contribution in [0.2, 0.25) is 0 Å². The first kappa shape index (κ1) is 15.7. The quantitative estimate of drug-likeness (QED) is 0.401. The molecule has 0 aromatic heterocycles. The second-order valence-electron chi connectivity index (χ2n) is 5.30. The Labute approximate surface area is 140 Å². The van der Waals surface area contributed by atoms with Gasteiger partial charge in [0.25, 0.3) is 0 Å². The number of carbonyl (C=O) groups is 2. The molecule has 0 radical (unpaired) electrons. The van der Waals surface area contributed by atoms with E-state index in [-0.39, 0.29) is 12.4 Å². The maximum absolute atomic E-state index is 12.3. The fourth-order valence-corrected chi connectivity index (χ4v) is 2.46. The third-order valence-corrected chi connectivity index (χ3v) is 3.65. The summed E-state index contributed by atoms with van der Waals surface area (Å²) >= 11 is 0. The van der Waals surface area contributed by atoms with Gasteiger partial charge < -0.3 is 4.74 Å². The van der Waals surface area contributed by atoms with E-state index < -0.39 is 5.97 Å². The lowest BCUT2D eigenvalue weighted by Gasteiger charge is -2.06. The Morgan fingerprint density at radius 2 is 1.54 bits per heavy atom. The van der Waals surface area contributed by atoms with Crippen LogP contribution in [0.15, 0.2) is 78.9 Å².